The van der Waals surface area contributed by atoms with Gasteiger partial charge in [0.1, 0.15) is 23.7 Å². The Balaban J connectivity index is 1.45. The Bertz CT molecular complexity index is 1510. The lowest BCUT2D eigenvalue weighted by molar-refractivity contribution is -0.124. The van der Waals surface area contributed by atoms with Crippen LogP contribution < -0.4 is 10.6 Å². The average Bonchev–Trinajstić information content (AvgIpc) is 3.32. The van der Waals surface area contributed by atoms with Crippen molar-refractivity contribution in [3.63, 3.8) is 0 Å². The van der Waals surface area contributed by atoms with Crippen molar-refractivity contribution in [3.8, 4) is 0 Å². The number of nitrogens with one attached hydrogen (secondary N) is 2. The van der Waals surface area contributed by atoms with Crippen molar-refractivity contribution in [2.45, 2.75) is 31.5 Å². The van der Waals surface area contributed by atoms with Crippen molar-refractivity contribution >= 4 is 34.8 Å². The van der Waals surface area contributed by atoms with E-state index in [0.717, 1.165) is 16.7 Å². The Morgan fingerprint density at radius 2 is 1.72 bits per heavy atom. The molecule has 6 nitrogen and oxygen atoms in total. The summed E-state index contributed by atoms with van der Waals surface area (Å²) in [5, 5.41) is 6.29. The molecule has 0 aliphatic carbocycles. The van der Waals surface area contributed by atoms with E-state index in [4.69, 9.17) is 16.6 Å². The van der Waals surface area contributed by atoms with Gasteiger partial charge in [-0.3, -0.25) is 14.6 Å². The summed E-state index contributed by atoms with van der Waals surface area (Å²) < 4.78 is 13.5. The molecular formula is C31H28ClFN4O2. The second-order valence-corrected chi connectivity index (χ2v) is 10.4. The second kappa shape index (κ2) is 10.5. The summed E-state index contributed by atoms with van der Waals surface area (Å²) in [6.45, 7) is 3.91. The summed E-state index contributed by atoms with van der Waals surface area (Å²) in [5.74, 6) is -0.204. The standard InChI is InChI=1S/C31H28ClFN4O2/c1-31(2,22-7-5-4-6-8-22)36-29(38)20-11-15-25(32)24(17-20)21-12-16-26-35-27(19-9-13-23(33)14-10-19)28(30(39)34-3)37(26)18-21/h4-18,27-28H,1-3H3,(H,34,39)(H,36,38). The van der Waals surface area contributed by atoms with Crippen molar-refractivity contribution in [2.24, 2.45) is 4.99 Å². The van der Waals surface area contributed by atoms with Crippen molar-refractivity contribution in [1.29, 1.82) is 0 Å². The predicted octanol–water partition coefficient (Wildman–Crippen LogP) is 5.62. The van der Waals surface area contributed by atoms with Crippen LogP contribution >= 0.6 is 11.6 Å². The summed E-state index contributed by atoms with van der Waals surface area (Å²) in [6.07, 6.45) is 5.50. The maximum atomic E-state index is 13.5. The number of amides is 2. The number of halogens is 2. The molecule has 0 saturated carbocycles. The van der Waals surface area contributed by atoms with Crippen molar-refractivity contribution in [3.05, 3.63) is 124 Å². The number of allylic oxidation sites excluding steroid dienone is 2. The molecule has 0 spiro atoms. The molecular weight excluding hydrogens is 515 g/mol. The Hall–Kier alpha value is -4.23. The molecule has 2 N–H and O–H groups in total. The van der Waals surface area contributed by atoms with E-state index in [1.807, 2.05) is 62.5 Å². The van der Waals surface area contributed by atoms with Gasteiger partial charge in [0.05, 0.1) is 5.54 Å². The number of aliphatic imine (C=N–C) groups is 1. The first kappa shape index (κ1) is 26.4. The van der Waals surface area contributed by atoms with Crippen LogP contribution in [0.1, 0.15) is 46.9 Å². The average molecular weight is 543 g/mol. The van der Waals surface area contributed by atoms with Crippen LogP contribution in [0.2, 0.25) is 5.02 Å². The fourth-order valence-corrected chi connectivity index (χ4v) is 5.10. The zero-order valence-electron chi connectivity index (χ0n) is 21.8. The lowest BCUT2D eigenvalue weighted by Crippen LogP contribution is -2.45. The minimum absolute atomic E-state index is 0.226. The van der Waals surface area contributed by atoms with Gasteiger partial charge in [0.15, 0.2) is 0 Å². The molecule has 2 amide bonds. The molecule has 2 atom stereocenters. The Labute approximate surface area is 231 Å². The number of benzene rings is 3. The molecule has 2 aliphatic heterocycles. The van der Waals surface area contributed by atoms with Crippen LogP contribution in [-0.2, 0) is 10.3 Å². The van der Waals surface area contributed by atoms with Crippen LogP contribution in [0.5, 0.6) is 0 Å². The minimum Gasteiger partial charge on any atom is -0.357 e. The number of hydrogen-bond acceptors (Lipinski definition) is 4. The van der Waals surface area contributed by atoms with Crippen LogP contribution in [0.4, 0.5) is 4.39 Å². The second-order valence-electron chi connectivity index (χ2n) is 10.0. The molecule has 0 radical (unpaired) electrons. The predicted molar refractivity (Wildman–Crippen MR) is 152 cm³/mol. The lowest BCUT2D eigenvalue weighted by Gasteiger charge is -2.28. The van der Waals surface area contributed by atoms with Gasteiger partial charge in [-0.15, -0.1) is 0 Å². The summed E-state index contributed by atoms with van der Waals surface area (Å²) in [5.41, 5.74) is 2.97. The van der Waals surface area contributed by atoms with E-state index in [1.165, 1.54) is 12.1 Å². The molecule has 0 saturated heterocycles. The number of carbonyl (C=O) groups excluding carboxylic acids is 2. The SMILES string of the molecule is CNC(=O)C1C(c2ccc(F)cc2)N=C2C=CC(c3cc(C(=O)NC(C)(C)c4ccccc4)ccc3Cl)=CN21. The third-order valence-electron chi connectivity index (χ3n) is 7.01. The van der Waals surface area contributed by atoms with Crippen molar-refractivity contribution < 1.29 is 14.0 Å². The summed E-state index contributed by atoms with van der Waals surface area (Å²) in [4.78, 5) is 32.8. The highest BCUT2D eigenvalue weighted by Crippen LogP contribution is 2.37. The first-order valence-electron chi connectivity index (χ1n) is 12.6. The number of likely N-dealkylation sites (N-methyl/N-ethyl adjacent to an activating group) is 1. The third-order valence-corrected chi connectivity index (χ3v) is 7.34. The number of fused-ring (bicyclic) bond motifs is 1. The molecule has 2 heterocycles. The van der Waals surface area contributed by atoms with Crippen molar-refractivity contribution in [1.82, 2.24) is 15.5 Å². The van der Waals surface area contributed by atoms with E-state index in [0.29, 0.717) is 22.0 Å². The fraction of sp³-hybridized carbons (Fsp3) is 0.194. The van der Waals surface area contributed by atoms with Crippen LogP contribution in [0.3, 0.4) is 0 Å². The molecule has 0 fully saturated rings. The van der Waals surface area contributed by atoms with Crippen LogP contribution in [0.15, 0.2) is 96.1 Å². The van der Waals surface area contributed by atoms with Crippen LogP contribution in [0.25, 0.3) is 5.57 Å². The summed E-state index contributed by atoms with van der Waals surface area (Å²) >= 11 is 6.60. The highest BCUT2D eigenvalue weighted by molar-refractivity contribution is 6.32. The monoisotopic (exact) mass is 542 g/mol. The Morgan fingerprint density at radius 3 is 2.41 bits per heavy atom. The van der Waals surface area contributed by atoms with Gasteiger partial charge in [-0.2, -0.15) is 0 Å². The molecule has 3 aromatic carbocycles. The number of rotatable bonds is 6. The maximum absolute atomic E-state index is 13.5. The Kier molecular flexibility index (Phi) is 7.10. The van der Waals surface area contributed by atoms with E-state index in [-0.39, 0.29) is 17.6 Å². The third kappa shape index (κ3) is 5.22. The fourth-order valence-electron chi connectivity index (χ4n) is 4.87. The minimum atomic E-state index is -0.674. The van der Waals surface area contributed by atoms with Gasteiger partial charge in [0.25, 0.3) is 5.91 Å². The lowest BCUT2D eigenvalue weighted by atomic mass is 9.93. The van der Waals surface area contributed by atoms with E-state index in [2.05, 4.69) is 10.6 Å². The molecule has 8 heteroatoms. The number of carbonyl (C=O) groups is 2. The van der Waals surface area contributed by atoms with Gasteiger partial charge in [0, 0.05) is 29.4 Å². The first-order valence-corrected chi connectivity index (χ1v) is 13.0. The summed E-state index contributed by atoms with van der Waals surface area (Å²) in [7, 11) is 1.57. The molecule has 198 valence electrons. The maximum Gasteiger partial charge on any atom is 0.251 e. The molecule has 2 aliphatic rings. The smallest absolute Gasteiger partial charge is 0.251 e. The van der Waals surface area contributed by atoms with Gasteiger partial charge >= 0.3 is 0 Å². The van der Waals surface area contributed by atoms with Gasteiger partial charge in [0.2, 0.25) is 5.91 Å². The van der Waals surface area contributed by atoms with Crippen LogP contribution in [-0.4, -0.2) is 35.6 Å². The molecule has 39 heavy (non-hydrogen) atoms. The zero-order chi connectivity index (χ0) is 27.7. The molecule has 3 aromatic rings. The molecule has 0 aromatic heterocycles. The number of amidine groups is 1. The van der Waals surface area contributed by atoms with Crippen molar-refractivity contribution in [2.75, 3.05) is 7.05 Å². The molecule has 5 rings (SSSR count). The first-order chi connectivity index (χ1) is 18.7. The topological polar surface area (TPSA) is 73.8 Å². The highest BCUT2D eigenvalue weighted by Gasteiger charge is 2.41. The quantitative estimate of drug-likeness (QED) is 0.424. The van der Waals surface area contributed by atoms with Crippen LogP contribution in [0, 0.1) is 5.82 Å². The van der Waals surface area contributed by atoms with Gasteiger partial charge in [-0.05, 0) is 73.0 Å². The van der Waals surface area contributed by atoms with E-state index < -0.39 is 17.6 Å². The highest BCUT2D eigenvalue weighted by atomic mass is 35.5. The summed E-state index contributed by atoms with van der Waals surface area (Å²) in [6, 6.07) is 19.7. The largest absolute Gasteiger partial charge is 0.357 e. The van der Waals surface area contributed by atoms with Gasteiger partial charge in [-0.25, -0.2) is 4.39 Å². The number of nitrogens with zero attached hydrogens (tertiary/aromatic N) is 2. The van der Waals surface area contributed by atoms with Gasteiger partial charge < -0.3 is 15.5 Å². The van der Waals surface area contributed by atoms with E-state index in [1.54, 1.807) is 42.3 Å². The van der Waals surface area contributed by atoms with E-state index in [9.17, 15) is 14.0 Å². The Morgan fingerprint density at radius 1 is 1.00 bits per heavy atom. The number of hydrogen-bond donors (Lipinski definition) is 2. The molecule has 2 unspecified atom stereocenters. The molecule has 0 bridgehead atoms. The van der Waals surface area contributed by atoms with Gasteiger partial charge in [-0.1, -0.05) is 54.1 Å². The normalized spacial score (nSPS) is 18.2. The zero-order valence-corrected chi connectivity index (χ0v) is 22.5. The van der Waals surface area contributed by atoms with E-state index >= 15 is 0 Å².